The van der Waals surface area contributed by atoms with Crippen molar-refractivity contribution >= 4 is 17.5 Å². The average molecular weight is 297 g/mol. The first-order valence-corrected chi connectivity index (χ1v) is 9.32. The molecular formula is C16H27NO2S. The molecule has 0 aromatic rings. The minimum Gasteiger partial charge on any atom is -0.374 e. The molecule has 3 rings (SSSR count). The van der Waals surface area contributed by atoms with Crippen LogP contribution in [0.2, 0.25) is 0 Å². The van der Waals surface area contributed by atoms with E-state index in [1.807, 2.05) is 11.8 Å². The highest BCUT2D eigenvalue weighted by Crippen LogP contribution is 2.44. The van der Waals surface area contributed by atoms with Crippen LogP contribution in [0.25, 0.3) is 0 Å². The Kier molecular flexibility index (Phi) is 4.44. The number of hydrogen-bond acceptors (Lipinski definition) is 4. The van der Waals surface area contributed by atoms with Gasteiger partial charge in [-0.1, -0.05) is 6.92 Å². The van der Waals surface area contributed by atoms with Gasteiger partial charge in [0.25, 0.3) is 0 Å². The number of piperidine rings is 1. The second-order valence-corrected chi connectivity index (χ2v) is 7.88. The second kappa shape index (κ2) is 5.98. The van der Waals surface area contributed by atoms with Gasteiger partial charge in [0.1, 0.15) is 5.78 Å². The molecule has 2 atom stereocenters. The van der Waals surface area contributed by atoms with Gasteiger partial charge in [-0.05, 0) is 57.4 Å². The highest BCUT2D eigenvalue weighted by molar-refractivity contribution is 7.99. The molecule has 3 aliphatic rings. The summed E-state index contributed by atoms with van der Waals surface area (Å²) < 4.78 is 6.08. The lowest BCUT2D eigenvalue weighted by Gasteiger charge is -2.43. The fourth-order valence-corrected chi connectivity index (χ4v) is 5.61. The van der Waals surface area contributed by atoms with E-state index in [9.17, 15) is 4.79 Å². The van der Waals surface area contributed by atoms with Crippen LogP contribution in [0.5, 0.6) is 0 Å². The molecule has 0 saturated carbocycles. The van der Waals surface area contributed by atoms with Crippen molar-refractivity contribution in [1.82, 2.24) is 5.32 Å². The van der Waals surface area contributed by atoms with Gasteiger partial charge in [-0.3, -0.25) is 4.79 Å². The number of nitrogens with one attached hydrogen (secondary N) is 1. The molecule has 0 radical (unpaired) electrons. The second-order valence-electron chi connectivity index (χ2n) is 6.77. The molecular weight excluding hydrogens is 270 g/mol. The maximum Gasteiger partial charge on any atom is 0.142 e. The van der Waals surface area contributed by atoms with Crippen LogP contribution in [0, 0.1) is 11.3 Å². The third-order valence-corrected chi connectivity index (χ3v) is 6.91. The summed E-state index contributed by atoms with van der Waals surface area (Å²) in [5.41, 5.74) is -0.00865. The van der Waals surface area contributed by atoms with Gasteiger partial charge in [-0.2, -0.15) is 11.8 Å². The summed E-state index contributed by atoms with van der Waals surface area (Å²) in [6.07, 6.45) is 6.13. The first-order valence-electron chi connectivity index (χ1n) is 8.16. The van der Waals surface area contributed by atoms with E-state index in [1.54, 1.807) is 0 Å². The zero-order chi connectivity index (χ0) is 14.1. The quantitative estimate of drug-likeness (QED) is 0.869. The number of rotatable bonds is 3. The van der Waals surface area contributed by atoms with Crippen LogP contribution >= 0.6 is 11.8 Å². The fourth-order valence-electron chi connectivity index (χ4n) is 4.23. The van der Waals surface area contributed by atoms with E-state index in [-0.39, 0.29) is 16.9 Å². The molecule has 0 aromatic heterocycles. The Bertz CT molecular complexity index is 359. The van der Waals surface area contributed by atoms with Crippen molar-refractivity contribution in [2.75, 3.05) is 31.2 Å². The highest BCUT2D eigenvalue weighted by atomic mass is 32.2. The Morgan fingerprint density at radius 1 is 1.35 bits per heavy atom. The minimum atomic E-state index is -0.0415. The number of ketones is 1. The van der Waals surface area contributed by atoms with E-state index in [0.717, 1.165) is 64.0 Å². The van der Waals surface area contributed by atoms with Crippen LogP contribution in [0.15, 0.2) is 0 Å². The number of Topliss-reactive ketones (excluding diaryl/α,β-unsaturated/α-hetero) is 1. The summed E-state index contributed by atoms with van der Waals surface area (Å²) in [6.45, 7) is 4.99. The summed E-state index contributed by atoms with van der Waals surface area (Å²) in [5, 5.41) is 3.40. The van der Waals surface area contributed by atoms with Crippen LogP contribution < -0.4 is 5.32 Å². The van der Waals surface area contributed by atoms with Gasteiger partial charge in [-0.15, -0.1) is 0 Å². The fraction of sp³-hybridized carbons (Fsp3) is 0.938. The third kappa shape index (κ3) is 2.67. The monoisotopic (exact) mass is 297 g/mol. The molecule has 0 amide bonds. The minimum absolute atomic E-state index is 0.0328. The van der Waals surface area contributed by atoms with Crippen LogP contribution in [0.1, 0.15) is 45.4 Å². The Morgan fingerprint density at radius 2 is 2.15 bits per heavy atom. The van der Waals surface area contributed by atoms with E-state index >= 15 is 0 Å². The Labute approximate surface area is 126 Å². The summed E-state index contributed by atoms with van der Waals surface area (Å²) in [4.78, 5) is 13.2. The first-order chi connectivity index (χ1) is 9.70. The molecule has 3 fully saturated rings. The van der Waals surface area contributed by atoms with Crippen molar-refractivity contribution in [3.05, 3.63) is 0 Å². The van der Waals surface area contributed by atoms with E-state index in [0.29, 0.717) is 5.78 Å². The molecule has 1 spiro atoms. The zero-order valence-electron chi connectivity index (χ0n) is 12.6. The predicted octanol–water partition coefficient (Wildman–Crippen LogP) is 2.64. The molecule has 3 saturated heterocycles. The van der Waals surface area contributed by atoms with E-state index in [1.165, 1.54) is 5.75 Å². The molecule has 2 unspecified atom stereocenters. The molecule has 0 aromatic carbocycles. The third-order valence-electron chi connectivity index (χ3n) is 5.69. The summed E-state index contributed by atoms with van der Waals surface area (Å²) in [5.74, 6) is 3.10. The van der Waals surface area contributed by atoms with Crippen molar-refractivity contribution in [2.24, 2.45) is 11.3 Å². The number of carbonyl (C=O) groups is 1. The lowest BCUT2D eigenvalue weighted by molar-refractivity contribution is -0.145. The van der Waals surface area contributed by atoms with Gasteiger partial charge < -0.3 is 10.1 Å². The van der Waals surface area contributed by atoms with Gasteiger partial charge in [-0.25, -0.2) is 0 Å². The highest BCUT2D eigenvalue weighted by Gasteiger charge is 2.47. The largest absolute Gasteiger partial charge is 0.374 e. The van der Waals surface area contributed by atoms with Crippen LogP contribution in [-0.4, -0.2) is 42.6 Å². The van der Waals surface area contributed by atoms with Crippen LogP contribution in [0.3, 0.4) is 0 Å². The Morgan fingerprint density at radius 3 is 2.80 bits per heavy atom. The van der Waals surface area contributed by atoms with E-state index < -0.39 is 0 Å². The smallest absolute Gasteiger partial charge is 0.142 e. The summed E-state index contributed by atoms with van der Waals surface area (Å²) in [6, 6.07) is 0. The molecule has 20 heavy (non-hydrogen) atoms. The molecule has 0 bridgehead atoms. The molecule has 4 heteroatoms. The lowest BCUT2D eigenvalue weighted by Crippen LogP contribution is -2.49. The Hall–Kier alpha value is -0.0600. The van der Waals surface area contributed by atoms with Crippen molar-refractivity contribution in [3.8, 4) is 0 Å². The molecule has 3 aliphatic heterocycles. The van der Waals surface area contributed by atoms with Gasteiger partial charge in [0.2, 0.25) is 0 Å². The number of ether oxygens (including phenoxy) is 1. The van der Waals surface area contributed by atoms with E-state index in [2.05, 4.69) is 12.2 Å². The summed E-state index contributed by atoms with van der Waals surface area (Å²) in [7, 11) is 0. The Balaban J connectivity index is 1.72. The van der Waals surface area contributed by atoms with Gasteiger partial charge >= 0.3 is 0 Å². The SMILES string of the molecule is CCC1(C(=O)C2CCOC3(CCSC3)C2)CCNCC1. The first kappa shape index (κ1) is 14.9. The average Bonchev–Trinajstić information content (AvgIpc) is 2.95. The number of hydrogen-bond donors (Lipinski definition) is 1. The standard InChI is InChI=1S/C16H27NO2S/c1-2-15(4-7-17-8-5-15)14(18)13-3-9-19-16(11-13)6-10-20-12-16/h13,17H,2-12H2,1H3. The van der Waals surface area contributed by atoms with Gasteiger partial charge in [0, 0.05) is 23.7 Å². The molecule has 1 N–H and O–H groups in total. The van der Waals surface area contributed by atoms with Crippen LogP contribution in [-0.2, 0) is 9.53 Å². The normalized spacial score (nSPS) is 37.1. The molecule has 3 nitrogen and oxygen atoms in total. The number of carbonyl (C=O) groups excluding carboxylic acids is 1. The topological polar surface area (TPSA) is 38.3 Å². The lowest BCUT2D eigenvalue weighted by atomic mass is 9.67. The van der Waals surface area contributed by atoms with Gasteiger partial charge in [0.05, 0.1) is 5.60 Å². The van der Waals surface area contributed by atoms with Gasteiger partial charge in [0.15, 0.2) is 0 Å². The predicted molar refractivity (Wildman–Crippen MR) is 83.2 cm³/mol. The molecule has 114 valence electrons. The maximum atomic E-state index is 13.2. The summed E-state index contributed by atoms with van der Waals surface area (Å²) >= 11 is 1.99. The van der Waals surface area contributed by atoms with Crippen molar-refractivity contribution < 1.29 is 9.53 Å². The zero-order valence-corrected chi connectivity index (χ0v) is 13.4. The van der Waals surface area contributed by atoms with Crippen molar-refractivity contribution in [3.63, 3.8) is 0 Å². The molecule has 0 aliphatic carbocycles. The number of thioether (sulfide) groups is 1. The molecule has 3 heterocycles. The van der Waals surface area contributed by atoms with Crippen LogP contribution in [0.4, 0.5) is 0 Å². The maximum absolute atomic E-state index is 13.2. The van der Waals surface area contributed by atoms with Crippen molar-refractivity contribution in [1.29, 1.82) is 0 Å². The van der Waals surface area contributed by atoms with Crippen molar-refractivity contribution in [2.45, 2.75) is 51.0 Å². The van der Waals surface area contributed by atoms with E-state index in [4.69, 9.17) is 4.74 Å².